The predicted octanol–water partition coefficient (Wildman–Crippen LogP) is 4.14. The first kappa shape index (κ1) is 21.1. The maximum atomic E-state index is 13.1. The Morgan fingerprint density at radius 3 is 2.35 bits per heavy atom. The molecule has 1 aliphatic rings. The predicted molar refractivity (Wildman–Crippen MR) is 119 cm³/mol. The minimum Gasteiger partial charge on any atom is -0.489 e. The van der Waals surface area contributed by atoms with E-state index in [0.29, 0.717) is 24.5 Å². The van der Waals surface area contributed by atoms with Crippen molar-refractivity contribution < 1.29 is 14.1 Å². The highest BCUT2D eigenvalue weighted by atomic mass is 16.5. The van der Waals surface area contributed by atoms with Crippen LogP contribution in [0.4, 0.5) is 0 Å². The fraction of sp³-hybridized carbons (Fsp3) is 0.360. The number of hydrogen-bond donors (Lipinski definition) is 0. The average molecular weight is 420 g/mol. The number of hydrogen-bond acceptors (Lipinski definition) is 5. The zero-order chi connectivity index (χ0) is 21.8. The second kappa shape index (κ2) is 9.35. The van der Waals surface area contributed by atoms with Crippen LogP contribution >= 0.6 is 0 Å². The van der Waals surface area contributed by atoms with Gasteiger partial charge in [0.05, 0.1) is 5.56 Å². The quantitative estimate of drug-likeness (QED) is 0.601. The maximum absolute atomic E-state index is 13.1. The van der Waals surface area contributed by atoms with Crippen LogP contribution in [0.3, 0.4) is 0 Å². The highest BCUT2D eigenvalue weighted by Gasteiger charge is 2.28. The summed E-state index contributed by atoms with van der Waals surface area (Å²) in [6.45, 7) is 10.1. The number of benzene rings is 2. The number of piperazine rings is 1. The minimum absolute atomic E-state index is 0.0877. The first-order valence-corrected chi connectivity index (χ1v) is 10.7. The third-order valence-electron chi connectivity index (χ3n) is 5.67. The van der Waals surface area contributed by atoms with Crippen molar-refractivity contribution in [2.45, 2.75) is 33.9 Å². The van der Waals surface area contributed by atoms with Gasteiger partial charge >= 0.3 is 0 Å². The summed E-state index contributed by atoms with van der Waals surface area (Å²) in [5.41, 5.74) is 4.65. The number of ether oxygens (including phenoxy) is 1. The molecule has 2 heterocycles. The summed E-state index contributed by atoms with van der Waals surface area (Å²) < 4.78 is 11.3. The molecule has 0 atom stereocenters. The number of carbonyl (C=O) groups excluding carboxylic acids is 1. The van der Waals surface area contributed by atoms with Crippen molar-refractivity contribution in [3.8, 4) is 5.75 Å². The molecule has 0 spiro atoms. The van der Waals surface area contributed by atoms with Crippen LogP contribution in [-0.4, -0.2) is 47.0 Å². The monoisotopic (exact) mass is 419 g/mol. The van der Waals surface area contributed by atoms with Gasteiger partial charge in [-0.25, -0.2) is 0 Å². The van der Waals surface area contributed by atoms with E-state index in [2.05, 4.69) is 40.4 Å². The van der Waals surface area contributed by atoms with Gasteiger partial charge in [-0.1, -0.05) is 41.6 Å². The number of rotatable bonds is 6. The molecule has 0 N–H and O–H groups in total. The number of amides is 1. The number of aryl methyl sites for hydroxylation is 3. The van der Waals surface area contributed by atoms with Gasteiger partial charge in [0.1, 0.15) is 18.1 Å². The fourth-order valence-electron chi connectivity index (χ4n) is 4.00. The molecule has 0 radical (unpaired) electrons. The molecule has 31 heavy (non-hydrogen) atoms. The van der Waals surface area contributed by atoms with Crippen molar-refractivity contribution in [1.82, 2.24) is 15.0 Å². The van der Waals surface area contributed by atoms with Crippen LogP contribution in [0.2, 0.25) is 0 Å². The molecule has 0 saturated carbocycles. The lowest BCUT2D eigenvalue weighted by Crippen LogP contribution is -2.48. The normalized spacial score (nSPS) is 14.6. The fourth-order valence-corrected chi connectivity index (χ4v) is 4.00. The largest absolute Gasteiger partial charge is 0.489 e. The molecule has 1 aromatic heterocycles. The van der Waals surface area contributed by atoms with Crippen molar-refractivity contribution in [1.29, 1.82) is 0 Å². The van der Waals surface area contributed by atoms with Crippen LogP contribution in [0.15, 0.2) is 53.1 Å². The van der Waals surface area contributed by atoms with Gasteiger partial charge in [0.25, 0.3) is 5.91 Å². The van der Waals surface area contributed by atoms with E-state index in [1.807, 2.05) is 43.9 Å². The van der Waals surface area contributed by atoms with Gasteiger partial charge < -0.3 is 14.2 Å². The first-order valence-electron chi connectivity index (χ1n) is 10.7. The summed E-state index contributed by atoms with van der Waals surface area (Å²) >= 11 is 0. The second-order valence-electron chi connectivity index (χ2n) is 8.23. The molecular weight excluding hydrogens is 390 g/mol. The summed E-state index contributed by atoms with van der Waals surface area (Å²) in [6, 6.07) is 16.5. The van der Waals surface area contributed by atoms with Gasteiger partial charge in [-0.2, -0.15) is 0 Å². The van der Waals surface area contributed by atoms with E-state index in [1.165, 1.54) is 5.56 Å². The summed E-state index contributed by atoms with van der Waals surface area (Å²) in [5.74, 6) is 1.32. The Bertz CT molecular complexity index is 1020. The molecule has 162 valence electrons. The number of nitrogens with zero attached hydrogens (tertiary/aromatic N) is 3. The van der Waals surface area contributed by atoms with Crippen LogP contribution in [0.5, 0.6) is 5.75 Å². The zero-order valence-corrected chi connectivity index (χ0v) is 18.4. The van der Waals surface area contributed by atoms with Crippen LogP contribution in [0.25, 0.3) is 0 Å². The topological polar surface area (TPSA) is 58.8 Å². The Hall–Kier alpha value is -3.12. The van der Waals surface area contributed by atoms with Gasteiger partial charge in [0, 0.05) is 32.7 Å². The molecule has 3 aromatic rings. The lowest BCUT2D eigenvalue weighted by molar-refractivity contribution is 0.0616. The Morgan fingerprint density at radius 1 is 1.00 bits per heavy atom. The molecule has 1 saturated heterocycles. The molecule has 6 heteroatoms. The van der Waals surface area contributed by atoms with E-state index in [0.717, 1.165) is 42.1 Å². The van der Waals surface area contributed by atoms with Gasteiger partial charge in [-0.3, -0.25) is 9.69 Å². The maximum Gasteiger partial charge on any atom is 0.276 e. The Balaban J connectivity index is 1.38. The van der Waals surface area contributed by atoms with Crippen LogP contribution in [-0.2, 0) is 13.2 Å². The summed E-state index contributed by atoms with van der Waals surface area (Å²) in [4.78, 5) is 17.4. The van der Waals surface area contributed by atoms with E-state index in [1.54, 1.807) is 0 Å². The van der Waals surface area contributed by atoms with Gasteiger partial charge in [-0.05, 0) is 49.6 Å². The van der Waals surface area contributed by atoms with E-state index in [9.17, 15) is 4.79 Å². The molecule has 1 aliphatic heterocycles. The van der Waals surface area contributed by atoms with Crippen molar-refractivity contribution >= 4 is 5.91 Å². The number of carbonyl (C=O) groups is 1. The first-order chi connectivity index (χ1) is 15.0. The molecule has 0 bridgehead atoms. The smallest absolute Gasteiger partial charge is 0.276 e. The molecule has 4 rings (SSSR count). The third-order valence-corrected chi connectivity index (χ3v) is 5.67. The lowest BCUT2D eigenvalue weighted by atomic mass is 10.1. The standard InChI is InChI=1S/C25H29N3O3/c1-18-13-19(2)15-22(14-18)30-17-23-20(3)31-26-24(23)25(29)28-11-9-27(10-12-28)16-21-7-5-4-6-8-21/h4-8,13-15H,9-12,16-17H2,1-3H3. The van der Waals surface area contributed by atoms with Crippen LogP contribution in [0.1, 0.15) is 38.5 Å². The van der Waals surface area contributed by atoms with Crippen molar-refractivity contribution in [2.75, 3.05) is 26.2 Å². The van der Waals surface area contributed by atoms with Gasteiger partial charge in [0.15, 0.2) is 5.69 Å². The molecule has 2 aromatic carbocycles. The molecule has 6 nitrogen and oxygen atoms in total. The minimum atomic E-state index is -0.0877. The van der Waals surface area contributed by atoms with Crippen molar-refractivity contribution in [2.24, 2.45) is 0 Å². The molecule has 1 amide bonds. The van der Waals surface area contributed by atoms with E-state index in [4.69, 9.17) is 9.26 Å². The number of aromatic nitrogens is 1. The SMILES string of the molecule is Cc1cc(C)cc(OCc2c(C(=O)N3CCN(Cc4ccccc4)CC3)noc2C)c1. The summed E-state index contributed by atoms with van der Waals surface area (Å²) in [7, 11) is 0. The Labute approximate surface area is 183 Å². The highest BCUT2D eigenvalue weighted by molar-refractivity contribution is 5.93. The second-order valence-corrected chi connectivity index (χ2v) is 8.23. The van der Waals surface area contributed by atoms with Crippen LogP contribution < -0.4 is 4.74 Å². The van der Waals surface area contributed by atoms with E-state index < -0.39 is 0 Å². The Kier molecular flexibility index (Phi) is 6.37. The molecule has 0 aliphatic carbocycles. The molecule has 0 unspecified atom stereocenters. The average Bonchev–Trinajstić information content (AvgIpc) is 3.13. The lowest BCUT2D eigenvalue weighted by Gasteiger charge is -2.34. The van der Waals surface area contributed by atoms with Crippen LogP contribution in [0, 0.1) is 20.8 Å². The molecular formula is C25H29N3O3. The highest BCUT2D eigenvalue weighted by Crippen LogP contribution is 2.22. The summed E-state index contributed by atoms with van der Waals surface area (Å²) in [5, 5.41) is 4.07. The third kappa shape index (κ3) is 5.14. The van der Waals surface area contributed by atoms with E-state index in [-0.39, 0.29) is 12.5 Å². The van der Waals surface area contributed by atoms with Crippen molar-refractivity contribution in [3.05, 3.63) is 82.2 Å². The van der Waals surface area contributed by atoms with E-state index >= 15 is 0 Å². The molecule has 1 fully saturated rings. The van der Waals surface area contributed by atoms with Crippen molar-refractivity contribution in [3.63, 3.8) is 0 Å². The zero-order valence-electron chi connectivity index (χ0n) is 18.4. The Morgan fingerprint density at radius 2 is 1.68 bits per heavy atom. The van der Waals surface area contributed by atoms with Gasteiger partial charge in [0.2, 0.25) is 0 Å². The van der Waals surface area contributed by atoms with Gasteiger partial charge in [-0.15, -0.1) is 0 Å². The summed E-state index contributed by atoms with van der Waals surface area (Å²) in [6.07, 6.45) is 0.